The molecule has 12 nitrogen and oxygen atoms in total. The molecular formula is C52H52N8O4. The molecule has 7 aromatic rings. The molecule has 5 heterocycles. The van der Waals surface area contributed by atoms with E-state index >= 15 is 0 Å². The normalized spacial score (nSPS) is 16.4. The maximum Gasteiger partial charge on any atom is 0.265 e. The number of benzene rings is 4. The largest absolute Gasteiger partial charge is 0.468 e. The highest BCUT2D eigenvalue weighted by atomic mass is 16.5. The Kier molecular flexibility index (Phi) is 11.0. The van der Waals surface area contributed by atoms with Gasteiger partial charge in [0, 0.05) is 46.3 Å². The summed E-state index contributed by atoms with van der Waals surface area (Å²) in [6, 6.07) is 41.3. The fraction of sp³-hybridized carbons (Fsp3) is 0.288. The van der Waals surface area contributed by atoms with Crippen molar-refractivity contribution in [2.45, 2.75) is 76.0 Å². The summed E-state index contributed by atoms with van der Waals surface area (Å²) >= 11 is 0. The van der Waals surface area contributed by atoms with E-state index in [4.69, 9.17) is 30.9 Å². The molecule has 12 heteroatoms. The first-order valence-corrected chi connectivity index (χ1v) is 22.4. The molecule has 1 amide bonds. The van der Waals surface area contributed by atoms with Crippen molar-refractivity contribution in [2.24, 2.45) is 11.5 Å². The number of aromatic nitrogens is 5. The molecule has 0 bridgehead atoms. The topological polar surface area (TPSA) is 168 Å². The van der Waals surface area contributed by atoms with Crippen LogP contribution >= 0.6 is 0 Å². The molecule has 2 fully saturated rings. The van der Waals surface area contributed by atoms with Gasteiger partial charge in [-0.25, -0.2) is 9.97 Å². The number of aliphatic hydroxyl groups is 1. The number of fused-ring (bicyclic) bond motifs is 4. The average Bonchev–Trinajstić information content (AvgIpc) is 3.74. The van der Waals surface area contributed by atoms with E-state index in [-0.39, 0.29) is 36.7 Å². The van der Waals surface area contributed by atoms with Crippen molar-refractivity contribution in [2.75, 3.05) is 24.7 Å². The number of nitrogens with zero attached hydrogens (tertiary/aromatic N) is 6. The maximum absolute atomic E-state index is 12.4. The number of anilines is 1. The van der Waals surface area contributed by atoms with Crippen LogP contribution in [0.1, 0.15) is 74.6 Å². The minimum atomic E-state index is -0.210. The minimum Gasteiger partial charge on any atom is -0.468 e. The number of ether oxygens (including phenoxy) is 2. The number of carbonyl (C=O) groups excluding carboxylic acids is 1. The lowest BCUT2D eigenvalue weighted by molar-refractivity contribution is -0.121. The molecule has 0 unspecified atom stereocenters. The van der Waals surface area contributed by atoms with E-state index in [1.807, 2.05) is 42.5 Å². The van der Waals surface area contributed by atoms with Gasteiger partial charge in [0.2, 0.25) is 11.8 Å². The number of β-amino-alcohol motifs (C(OH)–C–C–N with tert-alkyl or cyclic N) is 1. The lowest BCUT2D eigenvalue weighted by Gasteiger charge is -2.38. The minimum absolute atomic E-state index is 0.0846. The quantitative estimate of drug-likeness (QED) is 0.121. The van der Waals surface area contributed by atoms with Crippen molar-refractivity contribution in [3.05, 3.63) is 144 Å². The Morgan fingerprint density at radius 2 is 1.14 bits per heavy atom. The molecule has 5 N–H and O–H groups in total. The number of carbonyl (C=O) groups is 1. The Hall–Kier alpha value is -6.73. The Morgan fingerprint density at radius 1 is 0.641 bits per heavy atom. The van der Waals surface area contributed by atoms with Crippen LogP contribution < -0.4 is 25.8 Å². The summed E-state index contributed by atoms with van der Waals surface area (Å²) in [4.78, 5) is 23.8. The van der Waals surface area contributed by atoms with Gasteiger partial charge in [-0.3, -0.25) is 9.36 Å². The summed E-state index contributed by atoms with van der Waals surface area (Å²) in [6.07, 6.45) is 8.36. The zero-order valence-corrected chi connectivity index (χ0v) is 36.0. The molecule has 3 aromatic heterocycles. The Bertz CT molecular complexity index is 2800. The second-order valence-electron chi connectivity index (χ2n) is 17.3. The number of aryl methyl sites for hydroxylation is 1. The number of aliphatic hydroxyl groups excluding tert-OH is 1. The maximum atomic E-state index is 12.4. The number of hydrogen-bond acceptors (Lipinski definition) is 10. The fourth-order valence-corrected chi connectivity index (χ4v) is 9.20. The van der Waals surface area contributed by atoms with Crippen molar-refractivity contribution in [1.29, 1.82) is 0 Å². The van der Waals surface area contributed by atoms with Gasteiger partial charge in [0.15, 0.2) is 19.0 Å². The highest BCUT2D eigenvalue weighted by molar-refractivity contribution is 5.99. The molecule has 4 aromatic carbocycles. The van der Waals surface area contributed by atoms with E-state index in [0.717, 1.165) is 106 Å². The highest BCUT2D eigenvalue weighted by Crippen LogP contribution is 2.44. The number of nitrogens with two attached hydrogens (primary N) is 2. The van der Waals surface area contributed by atoms with E-state index in [9.17, 15) is 9.90 Å². The molecule has 0 atom stereocenters. The molecule has 2 saturated carbocycles. The third-order valence-electron chi connectivity index (χ3n) is 13.2. The third-order valence-corrected chi connectivity index (χ3v) is 13.2. The summed E-state index contributed by atoms with van der Waals surface area (Å²) in [7, 11) is 0. The summed E-state index contributed by atoms with van der Waals surface area (Å²) in [5, 5.41) is 18.2. The Balaban J connectivity index is 0.000000152. The van der Waals surface area contributed by atoms with Gasteiger partial charge in [-0.1, -0.05) is 116 Å². The van der Waals surface area contributed by atoms with Crippen LogP contribution in [0.15, 0.2) is 121 Å². The van der Waals surface area contributed by atoms with Gasteiger partial charge >= 0.3 is 0 Å². The van der Waals surface area contributed by atoms with E-state index in [0.29, 0.717) is 24.1 Å². The summed E-state index contributed by atoms with van der Waals surface area (Å²) in [5.74, 6) is 2.60. The number of pyridine rings is 2. The first-order chi connectivity index (χ1) is 31.2. The van der Waals surface area contributed by atoms with Crippen molar-refractivity contribution >= 4 is 11.6 Å². The van der Waals surface area contributed by atoms with E-state index in [2.05, 4.69) is 101 Å². The van der Waals surface area contributed by atoms with Crippen molar-refractivity contribution in [1.82, 2.24) is 24.7 Å². The summed E-state index contributed by atoms with van der Waals surface area (Å²) in [5.41, 5.74) is 24.3. The zero-order chi connectivity index (χ0) is 43.8. The summed E-state index contributed by atoms with van der Waals surface area (Å²) in [6.45, 7) is 2.51. The van der Waals surface area contributed by atoms with Crippen molar-refractivity contribution in [3.63, 3.8) is 0 Å². The van der Waals surface area contributed by atoms with Crippen LogP contribution in [0.5, 0.6) is 11.8 Å². The van der Waals surface area contributed by atoms with Gasteiger partial charge in [-0.2, -0.15) is 0 Å². The highest BCUT2D eigenvalue weighted by Gasteiger charge is 2.36. The SMILES string of the molecule is CCCc1nnc2n1-c1cc(-c3ccccc3)c(-c3ccc(C4(N)CCC4)cc3)nc1OC2.NC1(c2ccc(-c3nc4c(cc3-c3ccccc3)N(CCO)C(=O)CO4)cc2)CCC1. The van der Waals surface area contributed by atoms with Crippen LogP contribution in [0, 0.1) is 0 Å². The lowest BCUT2D eigenvalue weighted by Crippen LogP contribution is -2.43. The van der Waals surface area contributed by atoms with Gasteiger partial charge < -0.3 is 30.9 Å². The monoisotopic (exact) mass is 852 g/mol. The zero-order valence-electron chi connectivity index (χ0n) is 36.0. The van der Waals surface area contributed by atoms with Gasteiger partial charge in [-0.05, 0) is 79.3 Å². The first-order valence-electron chi connectivity index (χ1n) is 22.4. The number of amides is 1. The van der Waals surface area contributed by atoms with Crippen LogP contribution in [0.25, 0.3) is 50.5 Å². The molecule has 4 aliphatic rings. The Morgan fingerprint density at radius 3 is 1.62 bits per heavy atom. The van der Waals surface area contributed by atoms with Crippen LogP contribution in [-0.4, -0.2) is 55.5 Å². The van der Waals surface area contributed by atoms with Crippen LogP contribution in [-0.2, 0) is 28.9 Å². The fourth-order valence-electron chi connectivity index (χ4n) is 9.20. The molecule has 64 heavy (non-hydrogen) atoms. The lowest BCUT2D eigenvalue weighted by atomic mass is 9.72. The van der Waals surface area contributed by atoms with E-state index < -0.39 is 0 Å². The van der Waals surface area contributed by atoms with Crippen molar-refractivity contribution < 1.29 is 19.4 Å². The molecule has 324 valence electrons. The van der Waals surface area contributed by atoms with Gasteiger partial charge in [0.25, 0.3) is 5.91 Å². The van der Waals surface area contributed by atoms with Crippen LogP contribution in [0.4, 0.5) is 5.69 Å². The molecular weight excluding hydrogens is 801 g/mol. The van der Waals surface area contributed by atoms with E-state index in [1.165, 1.54) is 18.4 Å². The van der Waals surface area contributed by atoms with Crippen LogP contribution in [0.2, 0.25) is 0 Å². The van der Waals surface area contributed by atoms with E-state index in [1.54, 1.807) is 4.90 Å². The van der Waals surface area contributed by atoms with Gasteiger partial charge in [0.1, 0.15) is 17.2 Å². The predicted molar refractivity (Wildman–Crippen MR) is 248 cm³/mol. The molecule has 2 aliphatic heterocycles. The average molecular weight is 853 g/mol. The predicted octanol–water partition coefficient (Wildman–Crippen LogP) is 8.65. The molecule has 2 aliphatic carbocycles. The molecule has 0 saturated heterocycles. The Labute approximate surface area is 372 Å². The van der Waals surface area contributed by atoms with Gasteiger partial charge in [-0.15, -0.1) is 10.2 Å². The number of rotatable bonds is 10. The third kappa shape index (κ3) is 7.61. The van der Waals surface area contributed by atoms with Gasteiger partial charge in [0.05, 0.1) is 18.0 Å². The summed E-state index contributed by atoms with van der Waals surface area (Å²) < 4.78 is 13.8. The number of hydrogen-bond donors (Lipinski definition) is 3. The van der Waals surface area contributed by atoms with Crippen molar-refractivity contribution in [3.8, 4) is 62.2 Å². The second kappa shape index (κ2) is 17.1. The standard InChI is InChI=1S/C27H27N5O.C25H25N3O3/c1-2-7-23-30-31-24-17-33-26-22(32(23)24)16-21(18-8-4-3-5-9-18)25(29-26)19-10-12-20(13-11-19)27(28)14-6-15-27;26-25(11-4-12-25)19-9-7-18(8-10-19)23-20(17-5-2-1-3-6-17)15-21-24(27-23)31-16-22(30)28(21)13-14-29/h3-5,8-13,16H,2,6-7,14-15,17,28H2,1H3;1-3,5-10,15,29H,4,11-14,16,26H2. The second-order valence-corrected chi connectivity index (χ2v) is 17.3. The smallest absolute Gasteiger partial charge is 0.265 e. The first kappa shape index (κ1) is 41.3. The molecule has 0 radical (unpaired) electrons. The van der Waals surface area contributed by atoms with Crippen LogP contribution in [0.3, 0.4) is 0 Å². The molecule has 0 spiro atoms. The molecule has 11 rings (SSSR count).